The van der Waals surface area contributed by atoms with Crippen molar-refractivity contribution in [1.82, 2.24) is 9.88 Å². The first kappa shape index (κ1) is 19.3. The molecule has 1 aliphatic heterocycles. The van der Waals surface area contributed by atoms with E-state index in [1.165, 1.54) is 11.6 Å². The molecule has 1 amide bonds. The van der Waals surface area contributed by atoms with E-state index in [1.54, 1.807) is 0 Å². The van der Waals surface area contributed by atoms with Crippen molar-refractivity contribution in [2.75, 3.05) is 11.4 Å². The normalized spacial score (nSPS) is 13.5. The van der Waals surface area contributed by atoms with Gasteiger partial charge in [0.25, 0.3) is 0 Å². The molecule has 1 aliphatic rings. The molecule has 0 bridgehead atoms. The zero-order chi connectivity index (χ0) is 21.5. The first-order valence-corrected chi connectivity index (χ1v) is 10.5. The molecular formula is C25H23N3O3. The molecule has 0 fully saturated rings. The maximum atomic E-state index is 12.6. The van der Waals surface area contributed by atoms with Crippen LogP contribution in [0, 0.1) is 0 Å². The van der Waals surface area contributed by atoms with Crippen molar-refractivity contribution in [3.63, 3.8) is 0 Å². The monoisotopic (exact) mass is 413 g/mol. The van der Waals surface area contributed by atoms with Crippen LogP contribution in [0.3, 0.4) is 0 Å². The fourth-order valence-corrected chi connectivity index (χ4v) is 4.47. The molecule has 1 N–H and O–H groups in total. The first-order chi connectivity index (χ1) is 15.0. The second-order valence-electron chi connectivity index (χ2n) is 8.23. The highest BCUT2D eigenvalue weighted by atomic mass is 16.2. The molecule has 0 saturated carbocycles. The minimum Gasteiger partial charge on any atom is -0.363 e. The number of carbonyl (C=O) groups is 1. The molecule has 5 rings (SSSR count). The Kier molecular flexibility index (Phi) is 4.70. The summed E-state index contributed by atoms with van der Waals surface area (Å²) in [6.07, 6.45) is 3.19. The zero-order valence-electron chi connectivity index (χ0n) is 17.4. The number of hydrogen-bond acceptors (Lipinski definition) is 4. The Balaban J connectivity index is 1.25. The van der Waals surface area contributed by atoms with Crippen LogP contribution in [0.25, 0.3) is 10.9 Å². The van der Waals surface area contributed by atoms with Crippen LogP contribution in [-0.2, 0) is 37.8 Å². The minimum absolute atomic E-state index is 0.0144. The number of nitrogens with zero attached hydrogens (tertiary/aromatic N) is 2. The van der Waals surface area contributed by atoms with Gasteiger partial charge in [-0.25, -0.2) is 0 Å². The minimum atomic E-state index is -0.413. The summed E-state index contributed by atoms with van der Waals surface area (Å²) in [5.41, 5.74) is 5.27. The van der Waals surface area contributed by atoms with Crippen LogP contribution in [0.4, 0.5) is 5.69 Å². The van der Waals surface area contributed by atoms with Crippen molar-refractivity contribution in [2.24, 2.45) is 7.05 Å². The molecule has 4 aromatic rings. The van der Waals surface area contributed by atoms with E-state index in [2.05, 4.69) is 23.5 Å². The van der Waals surface area contributed by atoms with Gasteiger partial charge in [-0.1, -0.05) is 36.4 Å². The number of rotatable bonds is 5. The fraction of sp³-hybridized carbons (Fsp3) is 0.240. The molecular weight excluding hydrogens is 390 g/mol. The van der Waals surface area contributed by atoms with Crippen LogP contribution in [0.1, 0.15) is 22.3 Å². The number of amides is 1. The number of anilines is 1. The average Bonchev–Trinajstić information content (AvgIpc) is 3.10. The Morgan fingerprint density at radius 2 is 1.90 bits per heavy atom. The summed E-state index contributed by atoms with van der Waals surface area (Å²) in [7, 11) is 1.99. The highest BCUT2D eigenvalue weighted by molar-refractivity contribution is 5.89. The lowest BCUT2D eigenvalue weighted by Gasteiger charge is -2.31. The average molecular weight is 413 g/mol. The molecule has 0 unspecified atom stereocenters. The third kappa shape index (κ3) is 3.54. The molecule has 1 aromatic heterocycles. The van der Waals surface area contributed by atoms with Gasteiger partial charge in [0.05, 0.1) is 12.1 Å². The van der Waals surface area contributed by atoms with E-state index in [1.807, 2.05) is 47.0 Å². The third-order valence-corrected chi connectivity index (χ3v) is 6.17. The first-order valence-electron chi connectivity index (χ1n) is 10.5. The molecule has 0 radical (unpaired) electrons. The molecule has 31 heavy (non-hydrogen) atoms. The van der Waals surface area contributed by atoms with Gasteiger partial charge in [-0.2, -0.15) is 0 Å². The molecule has 6 nitrogen and oxygen atoms in total. The van der Waals surface area contributed by atoms with E-state index < -0.39 is 5.43 Å². The van der Waals surface area contributed by atoms with E-state index in [0.717, 1.165) is 40.6 Å². The van der Waals surface area contributed by atoms with Crippen molar-refractivity contribution in [3.8, 4) is 0 Å². The number of benzene rings is 2. The van der Waals surface area contributed by atoms with Crippen LogP contribution >= 0.6 is 0 Å². The molecule has 0 aliphatic carbocycles. The summed E-state index contributed by atoms with van der Waals surface area (Å²) in [5.74, 6) is -0.0144. The van der Waals surface area contributed by atoms with Crippen molar-refractivity contribution < 1.29 is 4.79 Å². The van der Waals surface area contributed by atoms with Crippen molar-refractivity contribution >= 4 is 22.5 Å². The van der Waals surface area contributed by atoms with Gasteiger partial charge in [0, 0.05) is 49.8 Å². The predicted octanol–water partition coefficient (Wildman–Crippen LogP) is 2.20. The smallest absolute Gasteiger partial charge is 0.249 e. The van der Waals surface area contributed by atoms with E-state index in [9.17, 15) is 14.4 Å². The van der Waals surface area contributed by atoms with Crippen LogP contribution in [-0.4, -0.2) is 17.0 Å². The van der Waals surface area contributed by atoms with Crippen LogP contribution < -0.4 is 21.1 Å². The molecule has 0 saturated heterocycles. The molecule has 156 valence electrons. The number of carbonyl (C=O) groups excluding carboxylic acids is 1. The quantitative estimate of drug-likeness (QED) is 0.509. The van der Waals surface area contributed by atoms with Crippen LogP contribution in [0.5, 0.6) is 0 Å². The zero-order valence-corrected chi connectivity index (χ0v) is 17.4. The van der Waals surface area contributed by atoms with E-state index in [0.29, 0.717) is 25.2 Å². The lowest BCUT2D eigenvalue weighted by molar-refractivity contribution is -0.120. The topological polar surface area (TPSA) is 71.4 Å². The van der Waals surface area contributed by atoms with E-state index in [4.69, 9.17) is 0 Å². The number of aryl methyl sites for hydroxylation is 1. The van der Waals surface area contributed by atoms with Gasteiger partial charge in [-0.15, -0.1) is 0 Å². The van der Waals surface area contributed by atoms with Crippen molar-refractivity contribution in [2.45, 2.75) is 25.9 Å². The summed E-state index contributed by atoms with van der Waals surface area (Å²) < 4.78 is 2.04. The Morgan fingerprint density at radius 3 is 2.71 bits per heavy atom. The molecule has 2 heterocycles. The summed E-state index contributed by atoms with van der Waals surface area (Å²) >= 11 is 0. The lowest BCUT2D eigenvalue weighted by atomic mass is 9.96. The summed E-state index contributed by atoms with van der Waals surface area (Å²) in [6.45, 7) is 1.80. The Hall–Kier alpha value is -3.67. The highest BCUT2D eigenvalue weighted by Crippen LogP contribution is 2.24. The van der Waals surface area contributed by atoms with Crippen molar-refractivity contribution in [1.29, 1.82) is 0 Å². The number of nitrogens with one attached hydrogen (secondary N) is 1. The maximum Gasteiger partial charge on any atom is 0.249 e. The Bertz CT molecular complexity index is 1370. The number of para-hydroxylation sites is 1. The van der Waals surface area contributed by atoms with Gasteiger partial charge >= 0.3 is 0 Å². The van der Waals surface area contributed by atoms with Gasteiger partial charge < -0.3 is 14.8 Å². The maximum absolute atomic E-state index is 12.6. The van der Waals surface area contributed by atoms with Gasteiger partial charge in [-0.3, -0.25) is 14.4 Å². The van der Waals surface area contributed by atoms with E-state index in [-0.39, 0.29) is 11.3 Å². The molecule has 0 atom stereocenters. The molecule has 6 heteroatoms. The summed E-state index contributed by atoms with van der Waals surface area (Å²) in [5, 5.41) is 4.13. The Morgan fingerprint density at radius 1 is 1.06 bits per heavy atom. The summed E-state index contributed by atoms with van der Waals surface area (Å²) in [4.78, 5) is 37.5. The fourth-order valence-electron chi connectivity index (χ4n) is 4.47. The second-order valence-corrected chi connectivity index (χ2v) is 8.23. The Labute approximate surface area is 179 Å². The number of hydrogen-bond donors (Lipinski definition) is 1. The summed E-state index contributed by atoms with van der Waals surface area (Å²) in [6, 6.07) is 15.7. The SMILES string of the molecule is Cn1cc(CC(=O)NCc2ccc3c(c2)CN(c2cc(=O)c2=O)CC3)c2ccccc21. The van der Waals surface area contributed by atoms with Gasteiger partial charge in [-0.05, 0) is 34.7 Å². The molecule has 0 spiro atoms. The largest absolute Gasteiger partial charge is 0.363 e. The standard InChI is InChI=1S/C25H23N3O3/c1-27-14-19(20-4-2-3-5-21(20)27)11-24(30)26-13-16-6-7-17-8-9-28(15-18(17)10-16)22-12-23(29)25(22)31/h2-7,10,12,14H,8-9,11,13,15H2,1H3,(H,26,30). The van der Waals surface area contributed by atoms with E-state index >= 15 is 0 Å². The van der Waals surface area contributed by atoms with Crippen LogP contribution in [0.15, 0.2) is 64.3 Å². The van der Waals surface area contributed by atoms with Gasteiger partial charge in [0.15, 0.2) is 0 Å². The van der Waals surface area contributed by atoms with Gasteiger partial charge in [0.1, 0.15) is 0 Å². The lowest BCUT2D eigenvalue weighted by Crippen LogP contribution is -2.41. The predicted molar refractivity (Wildman–Crippen MR) is 121 cm³/mol. The van der Waals surface area contributed by atoms with Crippen LogP contribution in [0.2, 0.25) is 0 Å². The number of fused-ring (bicyclic) bond motifs is 2. The third-order valence-electron chi connectivity index (χ3n) is 6.17. The highest BCUT2D eigenvalue weighted by Gasteiger charge is 2.22. The second kappa shape index (κ2) is 7.54. The van der Waals surface area contributed by atoms with Gasteiger partial charge in [0.2, 0.25) is 16.8 Å². The number of aromatic nitrogens is 1. The van der Waals surface area contributed by atoms with Crippen molar-refractivity contribution in [3.05, 3.63) is 97.4 Å². The molecule has 3 aromatic carbocycles.